The summed E-state index contributed by atoms with van der Waals surface area (Å²) >= 11 is 0. The van der Waals surface area contributed by atoms with Crippen LogP contribution in [0.2, 0.25) is 0 Å². The molecule has 1 heterocycles. The Labute approximate surface area is 97.7 Å². The quantitative estimate of drug-likeness (QED) is 0.640. The number of fused-ring (bicyclic) bond motifs is 1. The average molecular weight is 214 g/mol. The largest absolute Gasteiger partial charge is 0.212 e. The summed E-state index contributed by atoms with van der Waals surface area (Å²) in [4.78, 5) is 0. The first kappa shape index (κ1) is 11.1. The van der Waals surface area contributed by atoms with Gasteiger partial charge in [-0.15, -0.1) is 0 Å². The van der Waals surface area contributed by atoms with Crippen LogP contribution >= 0.6 is 0 Å². The molecule has 0 fully saturated rings. The number of rotatable bonds is 1. The number of aromatic nitrogens is 1. The van der Waals surface area contributed by atoms with Gasteiger partial charge in [0.15, 0.2) is 11.7 Å². The predicted molar refractivity (Wildman–Crippen MR) is 68.5 cm³/mol. The second kappa shape index (κ2) is 3.89. The van der Waals surface area contributed by atoms with E-state index in [-0.39, 0.29) is 5.54 Å². The Morgan fingerprint density at radius 2 is 1.81 bits per heavy atom. The molecular formula is C15H20N+. The molecule has 0 radical (unpaired) electrons. The van der Waals surface area contributed by atoms with Crippen LogP contribution in [0.15, 0.2) is 36.5 Å². The Kier molecular flexibility index (Phi) is 2.71. The summed E-state index contributed by atoms with van der Waals surface area (Å²) in [6, 6.07) is 10.9. The molecule has 0 N–H and O–H groups in total. The second-order valence-electron chi connectivity index (χ2n) is 5.30. The van der Waals surface area contributed by atoms with Crippen LogP contribution in [0.5, 0.6) is 0 Å². The van der Waals surface area contributed by atoms with E-state index in [4.69, 9.17) is 0 Å². The van der Waals surface area contributed by atoms with E-state index in [1.54, 1.807) is 0 Å². The number of hydrogen-bond acceptors (Lipinski definition) is 0. The van der Waals surface area contributed by atoms with Crippen molar-refractivity contribution in [2.24, 2.45) is 0 Å². The van der Waals surface area contributed by atoms with Crippen molar-refractivity contribution < 1.29 is 4.57 Å². The lowest BCUT2D eigenvalue weighted by Gasteiger charge is -2.16. The van der Waals surface area contributed by atoms with E-state index in [1.807, 2.05) is 0 Å². The Bertz CT molecular complexity index is 506. The van der Waals surface area contributed by atoms with Crippen LogP contribution in [0, 0.1) is 0 Å². The third-order valence-corrected chi connectivity index (χ3v) is 2.96. The molecule has 16 heavy (non-hydrogen) atoms. The molecule has 0 aliphatic carbocycles. The smallest absolute Gasteiger partial charge is 0.194 e. The first-order chi connectivity index (χ1) is 7.52. The molecule has 2 aromatic rings. The van der Waals surface area contributed by atoms with Gasteiger partial charge in [0.25, 0.3) is 0 Å². The fraction of sp³-hybridized carbons (Fsp3) is 0.400. The highest BCUT2D eigenvalue weighted by Gasteiger charge is 2.24. The molecular weight excluding hydrogens is 194 g/mol. The van der Waals surface area contributed by atoms with Crippen molar-refractivity contribution in [3.8, 4) is 0 Å². The Balaban J connectivity index is 2.79. The number of benzene rings is 1. The van der Waals surface area contributed by atoms with Crippen LogP contribution in [0.4, 0.5) is 0 Å². The molecule has 0 spiro atoms. The number of aryl methyl sites for hydroxylation is 1. The number of nitrogens with zero attached hydrogens (tertiary/aromatic N) is 1. The number of hydrogen-bond donors (Lipinski definition) is 0. The second-order valence-corrected chi connectivity index (χ2v) is 5.30. The Morgan fingerprint density at radius 3 is 2.44 bits per heavy atom. The molecule has 1 nitrogen and oxygen atoms in total. The highest BCUT2D eigenvalue weighted by molar-refractivity contribution is 5.75. The molecule has 0 saturated carbocycles. The molecule has 2 rings (SSSR count). The molecule has 0 unspecified atom stereocenters. The fourth-order valence-corrected chi connectivity index (χ4v) is 2.05. The summed E-state index contributed by atoms with van der Waals surface area (Å²) in [6.45, 7) is 8.95. The maximum Gasteiger partial charge on any atom is 0.212 e. The van der Waals surface area contributed by atoms with E-state index < -0.39 is 0 Å². The highest BCUT2D eigenvalue weighted by Crippen LogP contribution is 2.16. The summed E-state index contributed by atoms with van der Waals surface area (Å²) in [5.41, 5.74) is 2.84. The summed E-state index contributed by atoms with van der Waals surface area (Å²) < 4.78 is 2.38. The standard InChI is InChI=1S/C15H20N/c1-5-12-10-13-8-6-7-9-14(13)16(11-12)15(2,3)4/h6-11H,5H2,1-4H3/q+1. The third-order valence-electron chi connectivity index (χ3n) is 2.96. The SMILES string of the molecule is CCc1cc2ccccc2[n+](C(C)(C)C)c1. The van der Waals surface area contributed by atoms with Gasteiger partial charge in [0.1, 0.15) is 0 Å². The van der Waals surface area contributed by atoms with Crippen LogP contribution in [0.25, 0.3) is 10.9 Å². The zero-order valence-electron chi connectivity index (χ0n) is 10.6. The summed E-state index contributed by atoms with van der Waals surface area (Å²) in [7, 11) is 0. The number of pyridine rings is 1. The van der Waals surface area contributed by atoms with E-state index in [2.05, 4.69) is 68.8 Å². The maximum absolute atomic E-state index is 2.38. The molecule has 1 heteroatoms. The third kappa shape index (κ3) is 1.95. The van der Waals surface area contributed by atoms with E-state index in [0.29, 0.717) is 0 Å². The van der Waals surface area contributed by atoms with Crippen molar-refractivity contribution in [2.45, 2.75) is 39.7 Å². The average Bonchev–Trinajstić information content (AvgIpc) is 2.26. The van der Waals surface area contributed by atoms with Crippen LogP contribution in [-0.4, -0.2) is 0 Å². The topological polar surface area (TPSA) is 3.88 Å². The molecule has 0 atom stereocenters. The molecule has 1 aromatic carbocycles. The fourth-order valence-electron chi connectivity index (χ4n) is 2.05. The van der Waals surface area contributed by atoms with Gasteiger partial charge in [-0.1, -0.05) is 19.1 Å². The van der Waals surface area contributed by atoms with Gasteiger partial charge in [0.05, 0.1) is 0 Å². The van der Waals surface area contributed by atoms with Crippen molar-refractivity contribution in [1.29, 1.82) is 0 Å². The lowest BCUT2D eigenvalue weighted by molar-refractivity contribution is -0.731. The van der Waals surface area contributed by atoms with E-state index in [0.717, 1.165) is 6.42 Å². The van der Waals surface area contributed by atoms with Crippen molar-refractivity contribution in [3.05, 3.63) is 42.1 Å². The van der Waals surface area contributed by atoms with Gasteiger partial charge in [-0.3, -0.25) is 0 Å². The van der Waals surface area contributed by atoms with Crippen LogP contribution in [-0.2, 0) is 12.0 Å². The first-order valence-electron chi connectivity index (χ1n) is 5.96. The minimum Gasteiger partial charge on any atom is -0.194 e. The first-order valence-corrected chi connectivity index (χ1v) is 5.96. The molecule has 0 saturated heterocycles. The summed E-state index contributed by atoms with van der Waals surface area (Å²) in [6.07, 6.45) is 3.36. The lowest BCUT2D eigenvalue weighted by Crippen LogP contribution is -2.50. The van der Waals surface area contributed by atoms with Gasteiger partial charge < -0.3 is 0 Å². The maximum atomic E-state index is 2.38. The van der Waals surface area contributed by atoms with Crippen molar-refractivity contribution >= 4 is 10.9 Å². The van der Waals surface area contributed by atoms with Gasteiger partial charge in [0, 0.05) is 37.8 Å². The monoisotopic (exact) mass is 214 g/mol. The molecule has 0 aliphatic heterocycles. The van der Waals surface area contributed by atoms with E-state index in [1.165, 1.54) is 16.5 Å². The zero-order valence-corrected chi connectivity index (χ0v) is 10.6. The molecule has 0 amide bonds. The van der Waals surface area contributed by atoms with Crippen LogP contribution in [0.3, 0.4) is 0 Å². The Hall–Kier alpha value is -1.37. The van der Waals surface area contributed by atoms with E-state index in [9.17, 15) is 0 Å². The zero-order chi connectivity index (χ0) is 11.8. The summed E-state index contributed by atoms with van der Waals surface area (Å²) in [5.74, 6) is 0. The minimum atomic E-state index is 0.130. The van der Waals surface area contributed by atoms with Crippen molar-refractivity contribution in [1.82, 2.24) is 0 Å². The lowest BCUT2D eigenvalue weighted by atomic mass is 10.0. The Morgan fingerprint density at radius 1 is 1.12 bits per heavy atom. The van der Waals surface area contributed by atoms with Gasteiger partial charge in [-0.05, 0) is 18.6 Å². The van der Waals surface area contributed by atoms with Crippen molar-refractivity contribution in [2.75, 3.05) is 0 Å². The normalized spacial score (nSPS) is 12.0. The highest BCUT2D eigenvalue weighted by atomic mass is 15.0. The summed E-state index contributed by atoms with van der Waals surface area (Å²) in [5, 5.41) is 1.33. The van der Waals surface area contributed by atoms with Gasteiger partial charge in [-0.2, -0.15) is 4.57 Å². The molecule has 0 aliphatic rings. The molecule has 84 valence electrons. The van der Waals surface area contributed by atoms with Gasteiger partial charge >= 0.3 is 0 Å². The van der Waals surface area contributed by atoms with Crippen LogP contribution in [0.1, 0.15) is 33.3 Å². The number of para-hydroxylation sites is 1. The van der Waals surface area contributed by atoms with Crippen LogP contribution < -0.4 is 4.57 Å². The van der Waals surface area contributed by atoms with E-state index >= 15 is 0 Å². The van der Waals surface area contributed by atoms with Crippen molar-refractivity contribution in [3.63, 3.8) is 0 Å². The minimum absolute atomic E-state index is 0.130. The molecule has 0 bridgehead atoms. The predicted octanol–water partition coefficient (Wildman–Crippen LogP) is 3.44. The molecule has 1 aromatic heterocycles. The van der Waals surface area contributed by atoms with Gasteiger partial charge in [-0.25, -0.2) is 0 Å². The van der Waals surface area contributed by atoms with Gasteiger partial charge in [0.2, 0.25) is 5.52 Å².